The second-order valence-corrected chi connectivity index (χ2v) is 11.6. The Kier molecular flexibility index (Phi) is 7.03. The average Bonchev–Trinajstić information content (AvgIpc) is 3.01. The summed E-state index contributed by atoms with van der Waals surface area (Å²) in [5.41, 5.74) is 6.47. The van der Waals surface area contributed by atoms with Crippen molar-refractivity contribution in [1.29, 1.82) is 0 Å². The molecule has 3 N–H and O–H groups in total. The van der Waals surface area contributed by atoms with E-state index in [4.69, 9.17) is 18.9 Å². The van der Waals surface area contributed by atoms with Crippen molar-refractivity contribution < 1.29 is 29.2 Å². The Morgan fingerprint density at radius 2 is 1.58 bits per heavy atom. The largest absolute Gasteiger partial charge is 0.504 e. The van der Waals surface area contributed by atoms with Crippen LogP contribution < -0.4 is 24.3 Å². The Balaban J connectivity index is 1.44. The van der Waals surface area contributed by atoms with Crippen LogP contribution in [0.3, 0.4) is 0 Å². The van der Waals surface area contributed by atoms with Crippen LogP contribution in [0.1, 0.15) is 45.5 Å². The van der Waals surface area contributed by atoms with Crippen molar-refractivity contribution in [3.63, 3.8) is 0 Å². The SMILES string of the molecule is COc1cc2c3cc1Oc1c(O)c(OC)cc4c1[C@H](Cc1ccc(O)c(c1)Oc1ccc(cc1)C[C@H]3N(C)CC2)NCC4. The molecule has 0 saturated carbocycles. The smallest absolute Gasteiger partial charge is 0.201 e. The van der Waals surface area contributed by atoms with Gasteiger partial charge in [-0.1, -0.05) is 18.2 Å². The van der Waals surface area contributed by atoms with Gasteiger partial charge in [-0.2, -0.15) is 0 Å². The normalized spacial score (nSPS) is 19.3. The third kappa shape index (κ3) is 5.00. The van der Waals surface area contributed by atoms with Crippen molar-refractivity contribution in [2.45, 2.75) is 37.8 Å². The topological polar surface area (TPSA) is 92.7 Å². The zero-order valence-corrected chi connectivity index (χ0v) is 24.6. The summed E-state index contributed by atoms with van der Waals surface area (Å²) in [6, 6.07) is 19.5. The van der Waals surface area contributed by atoms with Crippen LogP contribution >= 0.6 is 0 Å². The van der Waals surface area contributed by atoms with Gasteiger partial charge in [-0.15, -0.1) is 0 Å². The Morgan fingerprint density at radius 3 is 2.37 bits per heavy atom. The van der Waals surface area contributed by atoms with E-state index < -0.39 is 0 Å². The number of hydrogen-bond acceptors (Lipinski definition) is 8. The molecule has 8 nitrogen and oxygen atoms in total. The molecule has 0 unspecified atom stereocenters. The summed E-state index contributed by atoms with van der Waals surface area (Å²) < 4.78 is 24.3. The van der Waals surface area contributed by atoms with Gasteiger partial charge in [0.1, 0.15) is 5.75 Å². The highest BCUT2D eigenvalue weighted by Gasteiger charge is 2.32. The van der Waals surface area contributed by atoms with Gasteiger partial charge < -0.3 is 34.5 Å². The van der Waals surface area contributed by atoms with Crippen molar-refractivity contribution in [2.75, 3.05) is 34.4 Å². The maximum absolute atomic E-state index is 11.5. The maximum atomic E-state index is 11.5. The predicted molar refractivity (Wildman–Crippen MR) is 163 cm³/mol. The van der Waals surface area contributed by atoms with E-state index in [0.29, 0.717) is 40.9 Å². The van der Waals surface area contributed by atoms with Crippen LogP contribution in [0.5, 0.6) is 46.0 Å². The zero-order chi connectivity index (χ0) is 29.7. The number of nitrogens with zero attached hydrogens (tertiary/aromatic N) is 1. The summed E-state index contributed by atoms with van der Waals surface area (Å²) in [6.07, 6.45) is 3.03. The summed E-state index contributed by atoms with van der Waals surface area (Å²) in [5.74, 6) is 2.99. The van der Waals surface area contributed by atoms with E-state index in [2.05, 4.69) is 41.5 Å². The second-order valence-electron chi connectivity index (χ2n) is 11.6. The van der Waals surface area contributed by atoms with E-state index in [0.717, 1.165) is 49.0 Å². The predicted octanol–water partition coefficient (Wildman–Crippen LogP) is 6.21. The molecule has 4 aromatic carbocycles. The minimum absolute atomic E-state index is 0.0490. The van der Waals surface area contributed by atoms with Crippen molar-refractivity contribution in [1.82, 2.24) is 10.2 Å². The van der Waals surface area contributed by atoms with Crippen molar-refractivity contribution in [2.24, 2.45) is 0 Å². The summed E-state index contributed by atoms with van der Waals surface area (Å²) in [7, 11) is 5.35. The molecular weight excluding hydrogens is 544 g/mol. The molecule has 0 saturated heterocycles. The second kappa shape index (κ2) is 11.0. The lowest BCUT2D eigenvalue weighted by atomic mass is 9.88. The first-order chi connectivity index (χ1) is 20.9. The highest BCUT2D eigenvalue weighted by Crippen LogP contribution is 2.50. The first kappa shape index (κ1) is 27.4. The van der Waals surface area contributed by atoms with E-state index in [1.807, 2.05) is 30.3 Å². The van der Waals surface area contributed by atoms with Gasteiger partial charge >= 0.3 is 0 Å². The number of phenolic OH excluding ortho intramolecular Hbond substituents is 2. The van der Waals surface area contributed by atoms with E-state index in [9.17, 15) is 10.2 Å². The number of rotatable bonds is 2. The molecular formula is C35H36N2O6. The molecule has 0 spiro atoms. The summed E-state index contributed by atoms with van der Waals surface area (Å²) >= 11 is 0. The molecule has 4 aliphatic heterocycles. The molecule has 0 aromatic heterocycles. The molecule has 0 aliphatic carbocycles. The fourth-order valence-electron chi connectivity index (χ4n) is 6.69. The molecule has 0 amide bonds. The minimum atomic E-state index is -0.173. The molecule has 0 fully saturated rings. The number of likely N-dealkylation sites (N-methyl/N-ethyl adjacent to an activating group) is 1. The summed E-state index contributed by atoms with van der Waals surface area (Å²) in [6.45, 7) is 1.68. The molecule has 222 valence electrons. The number of benzene rings is 4. The van der Waals surface area contributed by atoms with E-state index in [1.165, 1.54) is 16.7 Å². The first-order valence-corrected chi connectivity index (χ1v) is 14.8. The molecule has 4 aliphatic rings. The lowest BCUT2D eigenvalue weighted by molar-refractivity contribution is 0.228. The van der Waals surface area contributed by atoms with E-state index in [1.54, 1.807) is 20.3 Å². The maximum Gasteiger partial charge on any atom is 0.201 e. The summed E-state index contributed by atoms with van der Waals surface area (Å²) in [5, 5.41) is 25.8. The highest BCUT2D eigenvalue weighted by molar-refractivity contribution is 5.63. The van der Waals surface area contributed by atoms with Gasteiger partial charge in [0.15, 0.2) is 34.5 Å². The Hall–Kier alpha value is -4.40. The third-order valence-electron chi connectivity index (χ3n) is 9.00. The number of aromatic hydroxyl groups is 2. The van der Waals surface area contributed by atoms with Crippen molar-refractivity contribution in [3.05, 3.63) is 94.0 Å². The van der Waals surface area contributed by atoms with Crippen LogP contribution in [0.4, 0.5) is 0 Å². The van der Waals surface area contributed by atoms with Gasteiger partial charge in [-0.05, 0) is 110 Å². The van der Waals surface area contributed by atoms with Crippen LogP contribution in [-0.2, 0) is 25.7 Å². The number of methoxy groups -OCH3 is 2. The van der Waals surface area contributed by atoms with Gasteiger partial charge in [0.25, 0.3) is 0 Å². The van der Waals surface area contributed by atoms with Crippen LogP contribution in [0.25, 0.3) is 0 Å². The number of phenols is 2. The molecule has 43 heavy (non-hydrogen) atoms. The first-order valence-electron chi connectivity index (χ1n) is 14.8. The highest BCUT2D eigenvalue weighted by atomic mass is 16.5. The van der Waals surface area contributed by atoms with Gasteiger partial charge in [0.05, 0.1) is 14.2 Å². The van der Waals surface area contributed by atoms with Crippen molar-refractivity contribution in [3.8, 4) is 46.0 Å². The van der Waals surface area contributed by atoms with Crippen LogP contribution in [0.15, 0.2) is 60.7 Å². The monoisotopic (exact) mass is 580 g/mol. The Labute approximate surface area is 251 Å². The fourth-order valence-corrected chi connectivity index (χ4v) is 6.69. The zero-order valence-electron chi connectivity index (χ0n) is 24.6. The van der Waals surface area contributed by atoms with Crippen LogP contribution in [-0.4, -0.2) is 49.5 Å². The van der Waals surface area contributed by atoms with Gasteiger partial charge in [0.2, 0.25) is 5.75 Å². The standard InChI is InChI=1S/C35H36N2O6/c1-37-13-11-22-17-30(40-2)31-19-25(22)27(37)15-20-4-7-24(8-5-20)42-29-16-21(6-9-28(29)38)14-26-33-23(10-12-36-26)18-32(41-3)34(39)35(33)43-31/h4-9,16-19,26-27,36,38-39H,10-15H2,1-3H3/t26-,27+/m0/s1. The van der Waals surface area contributed by atoms with Crippen LogP contribution in [0, 0.1) is 0 Å². The fraction of sp³-hybridized carbons (Fsp3) is 0.314. The van der Waals surface area contributed by atoms with Gasteiger partial charge in [0, 0.05) is 24.2 Å². The van der Waals surface area contributed by atoms with E-state index in [-0.39, 0.29) is 23.6 Å². The van der Waals surface area contributed by atoms with Gasteiger partial charge in [-0.25, -0.2) is 0 Å². The lowest BCUT2D eigenvalue weighted by Gasteiger charge is -2.35. The molecule has 0 radical (unpaired) electrons. The molecule has 4 heterocycles. The molecule has 8 rings (SSSR count). The number of hydrogen-bond donors (Lipinski definition) is 3. The molecule has 4 aromatic rings. The quantitative estimate of drug-likeness (QED) is 0.258. The lowest BCUT2D eigenvalue weighted by Crippen LogP contribution is -2.33. The third-order valence-corrected chi connectivity index (χ3v) is 9.00. The Bertz CT molecular complexity index is 1690. The van der Waals surface area contributed by atoms with Crippen molar-refractivity contribution >= 4 is 0 Å². The summed E-state index contributed by atoms with van der Waals surface area (Å²) in [4.78, 5) is 2.37. The van der Waals surface area contributed by atoms with Gasteiger partial charge in [-0.3, -0.25) is 4.90 Å². The molecule has 2 atom stereocenters. The molecule has 6 bridgehead atoms. The van der Waals surface area contributed by atoms with Crippen LogP contribution in [0.2, 0.25) is 0 Å². The minimum Gasteiger partial charge on any atom is -0.504 e. The number of fused-ring (bicyclic) bond motifs is 2. The number of ether oxygens (including phenoxy) is 4. The van der Waals surface area contributed by atoms with E-state index >= 15 is 0 Å². The average molecular weight is 581 g/mol. The number of nitrogens with one attached hydrogen (secondary N) is 1. The Morgan fingerprint density at radius 1 is 0.814 bits per heavy atom. The molecule has 8 heteroatoms.